The van der Waals surface area contributed by atoms with E-state index in [0.717, 1.165) is 12.4 Å². The molecule has 1 atom stereocenters. The summed E-state index contributed by atoms with van der Waals surface area (Å²) < 4.78 is 6.99. The first-order valence-corrected chi connectivity index (χ1v) is 6.96. The minimum atomic E-state index is -0.0841. The van der Waals surface area contributed by atoms with Gasteiger partial charge in [-0.15, -0.1) is 0 Å². The number of carbonyl (C=O) groups excluding carboxylic acids is 1. The van der Waals surface area contributed by atoms with Crippen LogP contribution in [0.5, 0.6) is 0 Å². The Morgan fingerprint density at radius 2 is 2.19 bits per heavy atom. The number of nitrogens with zero attached hydrogens (tertiary/aromatic N) is 5. The van der Waals surface area contributed by atoms with Crippen molar-refractivity contribution in [3.05, 3.63) is 35.7 Å². The standard InChI is InChI=1S/C14H19N5O2/c1-10-8-11(16-21-10)14(20)19-7-6-17(2)12(9-19)13-15-4-5-18(13)3/h4-5,8,12H,6-7,9H2,1-3H3/t12-/m0/s1. The number of carbonyl (C=O) groups is 1. The molecule has 112 valence electrons. The molecule has 21 heavy (non-hydrogen) atoms. The molecule has 0 spiro atoms. The molecule has 2 aromatic heterocycles. The zero-order chi connectivity index (χ0) is 15.0. The van der Waals surface area contributed by atoms with E-state index >= 15 is 0 Å². The van der Waals surface area contributed by atoms with Gasteiger partial charge in [0.05, 0.1) is 6.04 Å². The number of rotatable bonds is 2. The molecule has 3 heterocycles. The monoisotopic (exact) mass is 289 g/mol. The van der Waals surface area contributed by atoms with E-state index in [2.05, 4.69) is 22.1 Å². The Morgan fingerprint density at radius 1 is 1.38 bits per heavy atom. The molecule has 3 rings (SSSR count). The van der Waals surface area contributed by atoms with Gasteiger partial charge in [0.2, 0.25) is 0 Å². The molecular formula is C14H19N5O2. The second-order valence-electron chi connectivity index (χ2n) is 5.47. The van der Waals surface area contributed by atoms with Gasteiger partial charge in [0.15, 0.2) is 5.69 Å². The topological polar surface area (TPSA) is 67.4 Å². The summed E-state index contributed by atoms with van der Waals surface area (Å²) in [5, 5.41) is 3.81. The number of hydrogen-bond donors (Lipinski definition) is 0. The highest BCUT2D eigenvalue weighted by molar-refractivity contribution is 5.92. The molecule has 0 aromatic carbocycles. The largest absolute Gasteiger partial charge is 0.361 e. The molecule has 1 aliphatic heterocycles. The summed E-state index contributed by atoms with van der Waals surface area (Å²) in [5.74, 6) is 1.53. The third kappa shape index (κ3) is 2.56. The fourth-order valence-electron chi connectivity index (χ4n) is 2.66. The summed E-state index contributed by atoms with van der Waals surface area (Å²) in [6.07, 6.45) is 3.70. The predicted molar refractivity (Wildman–Crippen MR) is 75.7 cm³/mol. The second-order valence-corrected chi connectivity index (χ2v) is 5.47. The molecular weight excluding hydrogens is 270 g/mol. The van der Waals surface area contributed by atoms with Crippen molar-refractivity contribution < 1.29 is 9.32 Å². The van der Waals surface area contributed by atoms with Gasteiger partial charge in [0.25, 0.3) is 5.91 Å². The average Bonchev–Trinajstić information content (AvgIpc) is 3.07. The Morgan fingerprint density at radius 3 is 2.81 bits per heavy atom. The summed E-state index contributed by atoms with van der Waals surface area (Å²) >= 11 is 0. The zero-order valence-corrected chi connectivity index (χ0v) is 12.5. The predicted octanol–water partition coefficient (Wildman–Crippen LogP) is 0.845. The summed E-state index contributed by atoms with van der Waals surface area (Å²) in [7, 11) is 4.03. The molecule has 1 fully saturated rings. The van der Waals surface area contributed by atoms with Crippen LogP contribution in [0.25, 0.3) is 0 Å². The van der Waals surface area contributed by atoms with Crippen molar-refractivity contribution in [1.82, 2.24) is 24.5 Å². The molecule has 0 unspecified atom stereocenters. The Balaban J connectivity index is 1.80. The number of likely N-dealkylation sites (N-methyl/N-ethyl adjacent to an activating group) is 1. The third-order valence-corrected chi connectivity index (χ3v) is 3.94. The third-order valence-electron chi connectivity index (χ3n) is 3.94. The maximum Gasteiger partial charge on any atom is 0.276 e. The Kier molecular flexibility index (Phi) is 3.50. The molecule has 1 aliphatic rings. The van der Waals surface area contributed by atoms with Gasteiger partial charge in [0.1, 0.15) is 11.6 Å². The summed E-state index contributed by atoms with van der Waals surface area (Å²) in [6.45, 7) is 3.87. The lowest BCUT2D eigenvalue weighted by atomic mass is 10.1. The number of hydrogen-bond acceptors (Lipinski definition) is 5. The van der Waals surface area contributed by atoms with Gasteiger partial charge >= 0.3 is 0 Å². The van der Waals surface area contributed by atoms with E-state index in [4.69, 9.17) is 4.52 Å². The molecule has 0 aliphatic carbocycles. The fourth-order valence-corrected chi connectivity index (χ4v) is 2.66. The van der Waals surface area contributed by atoms with Gasteiger partial charge in [0, 0.05) is 45.1 Å². The van der Waals surface area contributed by atoms with Gasteiger partial charge in [-0.2, -0.15) is 0 Å². The van der Waals surface area contributed by atoms with Crippen LogP contribution in [0.3, 0.4) is 0 Å². The van der Waals surface area contributed by atoms with E-state index in [1.54, 1.807) is 19.2 Å². The number of amides is 1. The molecule has 7 heteroatoms. The van der Waals surface area contributed by atoms with E-state index in [0.29, 0.717) is 24.5 Å². The molecule has 7 nitrogen and oxygen atoms in total. The van der Waals surface area contributed by atoms with Crippen LogP contribution >= 0.6 is 0 Å². The quantitative estimate of drug-likeness (QED) is 0.820. The van der Waals surface area contributed by atoms with Crippen molar-refractivity contribution in [1.29, 1.82) is 0 Å². The van der Waals surface area contributed by atoms with Gasteiger partial charge in [-0.25, -0.2) is 4.98 Å². The first kappa shape index (κ1) is 13.8. The van der Waals surface area contributed by atoms with E-state index in [-0.39, 0.29) is 11.9 Å². The lowest BCUT2D eigenvalue weighted by Gasteiger charge is -2.38. The van der Waals surface area contributed by atoms with Crippen molar-refractivity contribution in [2.24, 2.45) is 7.05 Å². The molecule has 0 N–H and O–H groups in total. The van der Waals surface area contributed by atoms with Gasteiger partial charge in [-0.05, 0) is 14.0 Å². The summed E-state index contributed by atoms with van der Waals surface area (Å²) in [4.78, 5) is 20.9. The lowest BCUT2D eigenvalue weighted by molar-refractivity contribution is 0.0519. The first-order valence-electron chi connectivity index (χ1n) is 6.96. The first-order chi connectivity index (χ1) is 10.1. The number of imidazole rings is 1. The summed E-state index contributed by atoms with van der Waals surface area (Å²) in [6, 6.07) is 1.77. The van der Waals surface area contributed by atoms with Gasteiger partial charge in [-0.1, -0.05) is 5.16 Å². The van der Waals surface area contributed by atoms with Crippen LogP contribution in [0.1, 0.15) is 28.1 Å². The van der Waals surface area contributed by atoms with Crippen LogP contribution in [0.4, 0.5) is 0 Å². The van der Waals surface area contributed by atoms with Crippen molar-refractivity contribution >= 4 is 5.91 Å². The SMILES string of the molecule is Cc1cc(C(=O)N2CCN(C)[C@H](c3nccn3C)C2)no1. The minimum absolute atomic E-state index is 0.0841. The maximum absolute atomic E-state index is 12.5. The van der Waals surface area contributed by atoms with E-state index in [9.17, 15) is 4.79 Å². The maximum atomic E-state index is 12.5. The average molecular weight is 289 g/mol. The van der Waals surface area contributed by atoms with Crippen molar-refractivity contribution in [2.45, 2.75) is 13.0 Å². The van der Waals surface area contributed by atoms with Crippen LogP contribution < -0.4 is 0 Å². The van der Waals surface area contributed by atoms with Crippen molar-refractivity contribution in [3.63, 3.8) is 0 Å². The van der Waals surface area contributed by atoms with E-state index in [1.807, 2.05) is 22.7 Å². The Bertz CT molecular complexity index is 647. The van der Waals surface area contributed by atoms with E-state index in [1.165, 1.54) is 0 Å². The molecule has 0 bridgehead atoms. The van der Waals surface area contributed by atoms with Crippen LogP contribution in [0.15, 0.2) is 23.0 Å². The van der Waals surface area contributed by atoms with Gasteiger partial charge in [-0.3, -0.25) is 9.69 Å². The lowest BCUT2D eigenvalue weighted by Crippen LogP contribution is -2.49. The van der Waals surface area contributed by atoms with Crippen molar-refractivity contribution in [3.8, 4) is 0 Å². The number of aromatic nitrogens is 3. The molecule has 0 saturated carbocycles. The smallest absolute Gasteiger partial charge is 0.276 e. The minimum Gasteiger partial charge on any atom is -0.361 e. The van der Waals surface area contributed by atoms with Crippen LogP contribution in [0.2, 0.25) is 0 Å². The molecule has 0 radical (unpaired) electrons. The molecule has 2 aromatic rings. The summed E-state index contributed by atoms with van der Waals surface area (Å²) in [5.41, 5.74) is 0.371. The van der Waals surface area contributed by atoms with Gasteiger partial charge < -0.3 is 14.0 Å². The van der Waals surface area contributed by atoms with Crippen LogP contribution in [0, 0.1) is 6.92 Å². The normalized spacial score (nSPS) is 20.0. The molecule has 1 saturated heterocycles. The van der Waals surface area contributed by atoms with Crippen LogP contribution in [-0.4, -0.2) is 57.1 Å². The second kappa shape index (κ2) is 5.33. The highest BCUT2D eigenvalue weighted by Crippen LogP contribution is 2.23. The Hall–Kier alpha value is -2.15. The fraction of sp³-hybridized carbons (Fsp3) is 0.500. The van der Waals surface area contributed by atoms with Crippen molar-refractivity contribution in [2.75, 3.05) is 26.7 Å². The highest BCUT2D eigenvalue weighted by Gasteiger charge is 2.32. The van der Waals surface area contributed by atoms with Crippen LogP contribution in [-0.2, 0) is 7.05 Å². The zero-order valence-electron chi connectivity index (χ0n) is 12.5. The number of piperazine rings is 1. The highest BCUT2D eigenvalue weighted by atomic mass is 16.5. The molecule has 1 amide bonds. The van der Waals surface area contributed by atoms with E-state index < -0.39 is 0 Å². The Labute approximate surface area is 123 Å². The number of aryl methyl sites for hydroxylation is 2.